The summed E-state index contributed by atoms with van der Waals surface area (Å²) in [5.41, 5.74) is 1.98. The summed E-state index contributed by atoms with van der Waals surface area (Å²) in [5.74, 6) is 2.36. The van der Waals surface area contributed by atoms with Gasteiger partial charge in [-0.05, 0) is 33.1 Å². The summed E-state index contributed by atoms with van der Waals surface area (Å²) in [6.07, 6.45) is 4.24. The Bertz CT molecular complexity index is 551. The lowest BCUT2D eigenvalue weighted by atomic mass is 9.95. The molecule has 2 N–H and O–H groups in total. The summed E-state index contributed by atoms with van der Waals surface area (Å²) in [7, 11) is 1.06. The number of hydrogen-bond donors (Lipinski definition) is 2. The summed E-state index contributed by atoms with van der Waals surface area (Å²) >= 11 is 0. The quantitative estimate of drug-likeness (QED) is 0.633. The van der Waals surface area contributed by atoms with Crippen molar-refractivity contribution in [3.63, 3.8) is 0 Å². The molecule has 130 valence electrons. The van der Waals surface area contributed by atoms with Gasteiger partial charge in [0.25, 0.3) is 0 Å². The Morgan fingerprint density at radius 3 is 2.83 bits per heavy atom. The maximum absolute atomic E-state index is 12.0. The highest BCUT2D eigenvalue weighted by Gasteiger charge is 2.26. The van der Waals surface area contributed by atoms with E-state index in [0.29, 0.717) is 17.8 Å². The first-order valence-electron chi connectivity index (χ1n) is 8.31. The lowest BCUT2D eigenvalue weighted by Crippen LogP contribution is -2.46. The van der Waals surface area contributed by atoms with Crippen molar-refractivity contribution in [1.29, 1.82) is 0 Å². The zero-order valence-corrected chi connectivity index (χ0v) is 15.3. The number of aryl methyl sites for hydroxylation is 2. The maximum Gasteiger partial charge on any atom is 0.191 e. The Kier molecular flexibility index (Phi) is 6.62. The second-order valence-corrected chi connectivity index (χ2v) is 8.03. The Balaban J connectivity index is 1.88. The fraction of sp³-hybridized carbons (Fsp3) is 0.750. The summed E-state index contributed by atoms with van der Waals surface area (Å²) in [6.45, 7) is 6.49. The van der Waals surface area contributed by atoms with E-state index in [1.54, 1.807) is 7.05 Å². The molecule has 0 spiro atoms. The van der Waals surface area contributed by atoms with Gasteiger partial charge >= 0.3 is 0 Å². The molecule has 1 aliphatic carbocycles. The normalized spacial score (nSPS) is 23.6. The monoisotopic (exact) mass is 340 g/mol. The van der Waals surface area contributed by atoms with Gasteiger partial charge in [-0.3, -0.25) is 9.20 Å². The summed E-state index contributed by atoms with van der Waals surface area (Å²) < 4.78 is 17.2. The highest BCUT2D eigenvalue weighted by Crippen LogP contribution is 2.23. The van der Waals surface area contributed by atoms with Gasteiger partial charge in [0.1, 0.15) is 5.76 Å². The molecule has 0 aliphatic heterocycles. The van der Waals surface area contributed by atoms with E-state index < -0.39 is 10.8 Å². The van der Waals surface area contributed by atoms with Crippen LogP contribution in [0.1, 0.15) is 49.6 Å². The van der Waals surface area contributed by atoms with Crippen LogP contribution < -0.4 is 10.6 Å². The Labute approximate surface area is 141 Å². The number of hydrogen-bond acceptors (Lipinski definition) is 4. The summed E-state index contributed by atoms with van der Waals surface area (Å²) in [6, 6.07) is 0.333. The fourth-order valence-corrected chi connectivity index (χ4v) is 4.41. The van der Waals surface area contributed by atoms with Crippen molar-refractivity contribution in [2.45, 2.75) is 64.3 Å². The zero-order chi connectivity index (χ0) is 16.8. The van der Waals surface area contributed by atoms with Gasteiger partial charge in [0.15, 0.2) is 5.96 Å². The van der Waals surface area contributed by atoms with E-state index in [9.17, 15) is 4.21 Å². The third-order valence-corrected chi connectivity index (χ3v) is 6.20. The predicted molar refractivity (Wildman–Crippen MR) is 94.0 cm³/mol. The first-order valence-corrected chi connectivity index (χ1v) is 9.69. The Morgan fingerprint density at radius 1 is 1.43 bits per heavy atom. The van der Waals surface area contributed by atoms with Crippen LogP contribution in [0.4, 0.5) is 0 Å². The second kappa shape index (κ2) is 8.47. The molecule has 2 rings (SSSR count). The van der Waals surface area contributed by atoms with Gasteiger partial charge in [-0.1, -0.05) is 18.5 Å². The summed E-state index contributed by atoms with van der Waals surface area (Å²) in [5, 5.41) is 11.1. The molecule has 1 heterocycles. The molecule has 3 atom stereocenters. The lowest BCUT2D eigenvalue weighted by molar-refractivity contribution is 0.392. The molecule has 0 aromatic carbocycles. The van der Waals surface area contributed by atoms with Crippen LogP contribution in [0.25, 0.3) is 0 Å². The number of nitrogens with one attached hydrogen (secondary N) is 2. The van der Waals surface area contributed by atoms with Crippen LogP contribution in [0.3, 0.4) is 0 Å². The van der Waals surface area contributed by atoms with Gasteiger partial charge < -0.3 is 15.2 Å². The predicted octanol–water partition coefficient (Wildman–Crippen LogP) is 2.04. The van der Waals surface area contributed by atoms with Gasteiger partial charge in [-0.25, -0.2) is 0 Å². The largest absolute Gasteiger partial charge is 0.361 e. The van der Waals surface area contributed by atoms with Crippen molar-refractivity contribution in [3.8, 4) is 0 Å². The van der Waals surface area contributed by atoms with Gasteiger partial charge in [0.2, 0.25) is 0 Å². The smallest absolute Gasteiger partial charge is 0.191 e. The molecular weight excluding hydrogens is 312 g/mol. The van der Waals surface area contributed by atoms with Crippen molar-refractivity contribution < 1.29 is 8.73 Å². The molecule has 0 amide bonds. The molecule has 0 radical (unpaired) electrons. The van der Waals surface area contributed by atoms with Gasteiger partial charge in [-0.2, -0.15) is 0 Å². The molecule has 1 aromatic rings. The second-order valence-electron chi connectivity index (χ2n) is 6.03. The topological polar surface area (TPSA) is 79.5 Å². The first kappa shape index (κ1) is 18.0. The van der Waals surface area contributed by atoms with Gasteiger partial charge in [-0.15, -0.1) is 0 Å². The highest BCUT2D eigenvalue weighted by atomic mass is 32.2. The molecule has 23 heavy (non-hydrogen) atoms. The molecular formula is C16H28N4O2S. The lowest BCUT2D eigenvalue weighted by Gasteiger charge is -2.30. The maximum atomic E-state index is 12.0. The number of guanidine groups is 1. The minimum Gasteiger partial charge on any atom is -0.361 e. The van der Waals surface area contributed by atoms with Crippen LogP contribution in [0.15, 0.2) is 9.52 Å². The van der Waals surface area contributed by atoms with E-state index in [2.05, 4.69) is 20.8 Å². The van der Waals surface area contributed by atoms with E-state index in [1.165, 1.54) is 0 Å². The molecule has 1 fully saturated rings. The van der Waals surface area contributed by atoms with Crippen LogP contribution in [0.5, 0.6) is 0 Å². The van der Waals surface area contributed by atoms with Crippen LogP contribution in [-0.2, 0) is 17.3 Å². The third-order valence-electron chi connectivity index (χ3n) is 4.46. The molecule has 1 aliphatic rings. The first-order chi connectivity index (χ1) is 11.0. The third kappa shape index (κ3) is 4.80. The van der Waals surface area contributed by atoms with E-state index in [1.807, 2.05) is 20.8 Å². The molecule has 3 unspecified atom stereocenters. The highest BCUT2D eigenvalue weighted by molar-refractivity contribution is 7.85. The number of aromatic nitrogens is 1. The minimum absolute atomic E-state index is 0.312. The standard InChI is InChI=1S/C16H28N4O2S/c1-5-23(21)14-8-6-7-13(9-14)19-16(17-4)18-10-15-11(2)20-22-12(15)3/h13-14H,5-10H2,1-4H3,(H2,17,18,19). The Hall–Kier alpha value is -1.37. The van der Waals surface area contributed by atoms with E-state index in [0.717, 1.165) is 54.4 Å². The van der Waals surface area contributed by atoms with Gasteiger partial charge in [0, 0.05) is 47.0 Å². The molecule has 1 saturated carbocycles. The molecule has 0 bridgehead atoms. The average molecular weight is 340 g/mol. The zero-order valence-electron chi connectivity index (χ0n) is 14.5. The van der Waals surface area contributed by atoms with Crippen LogP contribution in [0.2, 0.25) is 0 Å². The van der Waals surface area contributed by atoms with Crippen LogP contribution >= 0.6 is 0 Å². The fourth-order valence-electron chi connectivity index (χ4n) is 3.06. The molecule has 7 heteroatoms. The minimum atomic E-state index is -0.706. The van der Waals surface area contributed by atoms with Gasteiger partial charge in [0.05, 0.1) is 5.69 Å². The average Bonchev–Trinajstić information content (AvgIpc) is 2.89. The van der Waals surface area contributed by atoms with Crippen molar-refractivity contribution in [1.82, 2.24) is 15.8 Å². The van der Waals surface area contributed by atoms with E-state index in [-0.39, 0.29) is 0 Å². The molecule has 0 saturated heterocycles. The van der Waals surface area contributed by atoms with E-state index in [4.69, 9.17) is 4.52 Å². The van der Waals surface area contributed by atoms with E-state index >= 15 is 0 Å². The van der Waals surface area contributed by atoms with Crippen molar-refractivity contribution in [2.24, 2.45) is 4.99 Å². The number of aliphatic imine (C=N–C) groups is 1. The SMILES string of the molecule is CCS(=O)C1CCCC(NC(=NC)NCc2c(C)noc2C)C1. The Morgan fingerprint density at radius 2 is 2.22 bits per heavy atom. The van der Waals surface area contributed by atoms with Crippen LogP contribution in [-0.4, -0.2) is 39.4 Å². The number of rotatable bonds is 5. The van der Waals surface area contributed by atoms with Crippen molar-refractivity contribution >= 4 is 16.8 Å². The number of nitrogens with zero attached hydrogens (tertiary/aromatic N) is 2. The van der Waals surface area contributed by atoms with Crippen molar-refractivity contribution in [2.75, 3.05) is 12.8 Å². The molecule has 1 aromatic heterocycles. The van der Waals surface area contributed by atoms with Crippen LogP contribution in [0, 0.1) is 13.8 Å². The van der Waals surface area contributed by atoms with Crippen molar-refractivity contribution in [3.05, 3.63) is 17.0 Å². The summed E-state index contributed by atoms with van der Waals surface area (Å²) in [4.78, 5) is 4.30. The molecule has 6 nitrogen and oxygen atoms in total.